The molecule has 0 aliphatic heterocycles. The van der Waals surface area contributed by atoms with Crippen LogP contribution in [0.15, 0.2) is 60.7 Å². The van der Waals surface area contributed by atoms with E-state index in [1.165, 1.54) is 0 Å². The van der Waals surface area contributed by atoms with Gasteiger partial charge in [0.15, 0.2) is 0 Å². The minimum Gasteiger partial charge on any atom is -0.748 e. The molecule has 0 aliphatic carbocycles. The van der Waals surface area contributed by atoms with Crippen LogP contribution < -0.4 is 0 Å². The summed E-state index contributed by atoms with van der Waals surface area (Å²) < 4.78 is 0. The van der Waals surface area contributed by atoms with E-state index in [4.69, 9.17) is 0 Å². The summed E-state index contributed by atoms with van der Waals surface area (Å²) in [5, 5.41) is 0. The van der Waals surface area contributed by atoms with Crippen molar-refractivity contribution in [3.63, 3.8) is 0 Å². The monoisotopic (exact) mass is 469 g/mol. The maximum atomic E-state index is 3.24. The molecular formula is C10H10Br2Ta-6. The van der Waals surface area contributed by atoms with E-state index in [-0.39, 0.29) is 15.5 Å². The molecule has 0 nitrogen and oxygen atoms in total. The first-order valence-electron chi connectivity index (χ1n) is 3.67. The van der Waals surface area contributed by atoms with Crippen LogP contribution >= 0.6 is 26.0 Å². The Bertz CT molecular complexity index is 165. The average Bonchev–Trinajstić information content (AvgIpc) is 2.85. The maximum Gasteiger partial charge on any atom is -0.172 e. The summed E-state index contributed by atoms with van der Waals surface area (Å²) in [6, 6.07) is 20.0. The van der Waals surface area contributed by atoms with Crippen LogP contribution in [0.1, 0.15) is 0 Å². The molecule has 0 radical (unpaired) electrons. The third kappa shape index (κ3) is 12.4. The molecule has 2 aromatic rings. The van der Waals surface area contributed by atoms with Crippen molar-refractivity contribution in [2.24, 2.45) is 0 Å². The molecule has 0 amide bonds. The van der Waals surface area contributed by atoms with E-state index in [0.29, 0.717) is 0 Å². The summed E-state index contributed by atoms with van der Waals surface area (Å²) in [4.78, 5) is 0. The SMILES string of the molecule is [Br][Ta][Br].[cH-]1[cH-][cH-][cH-][cH-]1.c1cc[cH-]c1. The van der Waals surface area contributed by atoms with Crippen molar-refractivity contribution >= 4 is 26.0 Å². The van der Waals surface area contributed by atoms with Gasteiger partial charge in [-0.3, -0.25) is 0 Å². The zero-order valence-electron chi connectivity index (χ0n) is 6.98. The Morgan fingerprint density at radius 3 is 1.23 bits per heavy atom. The molecule has 0 fully saturated rings. The summed E-state index contributed by atoms with van der Waals surface area (Å²) in [7, 11) is 0. The number of rotatable bonds is 0. The second-order valence-electron chi connectivity index (χ2n) is 1.99. The third-order valence-corrected chi connectivity index (χ3v) is 1.11. The number of hydrogen-bond donors (Lipinski definition) is 0. The van der Waals surface area contributed by atoms with Crippen molar-refractivity contribution in [3.05, 3.63) is 60.7 Å². The van der Waals surface area contributed by atoms with Crippen molar-refractivity contribution in [2.45, 2.75) is 0 Å². The van der Waals surface area contributed by atoms with E-state index in [2.05, 4.69) is 26.0 Å². The molecule has 0 bridgehead atoms. The van der Waals surface area contributed by atoms with Crippen LogP contribution in [-0.4, -0.2) is 0 Å². The van der Waals surface area contributed by atoms with E-state index >= 15 is 0 Å². The molecule has 75 valence electrons. The van der Waals surface area contributed by atoms with Crippen molar-refractivity contribution < 1.29 is 15.5 Å². The summed E-state index contributed by atoms with van der Waals surface area (Å²) in [5.41, 5.74) is 0. The van der Waals surface area contributed by atoms with Crippen molar-refractivity contribution in [3.8, 4) is 0 Å². The van der Waals surface area contributed by atoms with E-state index in [1.807, 2.05) is 60.7 Å². The fourth-order valence-corrected chi connectivity index (χ4v) is 0.642. The minimum absolute atomic E-state index is 0.208. The van der Waals surface area contributed by atoms with Gasteiger partial charge < -0.3 is 30.3 Å². The Balaban J connectivity index is 0.000000174. The van der Waals surface area contributed by atoms with Crippen LogP contribution in [-0.2, 0) is 15.5 Å². The molecule has 0 heterocycles. The smallest absolute Gasteiger partial charge is 0.172 e. The van der Waals surface area contributed by atoms with Gasteiger partial charge in [0.05, 0.1) is 0 Å². The van der Waals surface area contributed by atoms with Gasteiger partial charge in [-0.05, 0) is 0 Å². The van der Waals surface area contributed by atoms with Crippen molar-refractivity contribution in [2.75, 3.05) is 0 Å². The van der Waals surface area contributed by atoms with Crippen LogP contribution in [0.3, 0.4) is 0 Å². The van der Waals surface area contributed by atoms with E-state index < -0.39 is 0 Å². The molecule has 0 aliphatic rings. The molecule has 0 aromatic heterocycles. The van der Waals surface area contributed by atoms with E-state index in [0.717, 1.165) is 0 Å². The van der Waals surface area contributed by atoms with Crippen molar-refractivity contribution in [1.82, 2.24) is 0 Å². The molecule has 2 rings (SSSR count). The average molecular weight is 471 g/mol. The number of halogens is 2. The third-order valence-electron chi connectivity index (χ3n) is 1.11. The largest absolute Gasteiger partial charge is 0.748 e. The summed E-state index contributed by atoms with van der Waals surface area (Å²) >= 11 is 6.28. The normalized spacial score (nSPS) is 7.23. The van der Waals surface area contributed by atoms with Gasteiger partial charge in [-0.2, -0.15) is 18.2 Å². The standard InChI is InChI=1S/2C5H5.2BrH.Ta/c2*1-2-4-5-3-1;;;/h2*1-5H;2*1H;/q-5;-1;;;+2/p-2. The zero-order valence-corrected chi connectivity index (χ0v) is 13.4. The van der Waals surface area contributed by atoms with Crippen LogP contribution in [0, 0.1) is 0 Å². The molecule has 2 aromatic carbocycles. The van der Waals surface area contributed by atoms with Gasteiger partial charge in [-0.25, -0.2) is 12.1 Å². The van der Waals surface area contributed by atoms with Gasteiger partial charge in [-0.15, -0.1) is 0 Å². The summed E-state index contributed by atoms with van der Waals surface area (Å²) in [6.45, 7) is 0. The zero-order chi connectivity index (χ0) is 9.78. The van der Waals surface area contributed by atoms with Gasteiger partial charge in [0.25, 0.3) is 0 Å². The molecule has 0 saturated heterocycles. The minimum atomic E-state index is -0.208. The van der Waals surface area contributed by atoms with E-state index in [1.54, 1.807) is 0 Å². The van der Waals surface area contributed by atoms with Crippen molar-refractivity contribution in [1.29, 1.82) is 0 Å². The van der Waals surface area contributed by atoms with Gasteiger partial charge >= 0.3 is 41.5 Å². The maximum absolute atomic E-state index is 3.24. The predicted molar refractivity (Wildman–Crippen MR) is 61.9 cm³/mol. The Kier molecular flexibility index (Phi) is 12.8. The summed E-state index contributed by atoms with van der Waals surface area (Å²) in [6.07, 6.45) is 0. The molecule has 0 spiro atoms. The molecule has 0 N–H and O–H groups in total. The fraction of sp³-hybridized carbons (Fsp3) is 0. The molecule has 0 saturated carbocycles. The molecule has 3 heteroatoms. The second-order valence-corrected chi connectivity index (χ2v) is 16.0. The first-order valence-corrected chi connectivity index (χ1v) is 17.7. The Morgan fingerprint density at radius 1 is 0.769 bits per heavy atom. The van der Waals surface area contributed by atoms with Crippen LogP contribution in [0.5, 0.6) is 0 Å². The molecule has 0 atom stereocenters. The fourth-order valence-electron chi connectivity index (χ4n) is 0.642. The topological polar surface area (TPSA) is 0 Å². The quantitative estimate of drug-likeness (QED) is 0.497. The molecule has 13 heavy (non-hydrogen) atoms. The second kappa shape index (κ2) is 12.4. The first kappa shape index (κ1) is 13.4. The predicted octanol–water partition coefficient (Wildman–Crippen LogP) is 4.50. The van der Waals surface area contributed by atoms with Gasteiger partial charge in [0.2, 0.25) is 0 Å². The van der Waals surface area contributed by atoms with Gasteiger partial charge in [0, 0.05) is 0 Å². The van der Waals surface area contributed by atoms with Crippen LogP contribution in [0.2, 0.25) is 0 Å². The van der Waals surface area contributed by atoms with Gasteiger partial charge in [0.1, 0.15) is 0 Å². The molecular weight excluding hydrogens is 461 g/mol. The Morgan fingerprint density at radius 2 is 1.08 bits per heavy atom. The van der Waals surface area contributed by atoms with Crippen LogP contribution in [0.4, 0.5) is 0 Å². The Labute approximate surface area is 101 Å². The Hall–Kier alpha value is 0.400. The number of hydrogen-bond acceptors (Lipinski definition) is 0. The van der Waals surface area contributed by atoms with Crippen LogP contribution in [0.25, 0.3) is 0 Å². The van der Waals surface area contributed by atoms with E-state index in [9.17, 15) is 0 Å². The molecule has 0 unspecified atom stereocenters. The first-order chi connectivity index (χ1) is 6.41. The van der Waals surface area contributed by atoms with Gasteiger partial charge in [-0.1, -0.05) is 0 Å². The summed E-state index contributed by atoms with van der Waals surface area (Å²) in [5.74, 6) is 0.